The molecule has 1 saturated carbocycles. The third-order valence-electron chi connectivity index (χ3n) is 4.97. The molecule has 5 nitrogen and oxygen atoms in total. The maximum atomic E-state index is 12.9. The van der Waals surface area contributed by atoms with Crippen molar-refractivity contribution in [3.8, 4) is 0 Å². The number of hydrogen-bond acceptors (Lipinski definition) is 3. The third-order valence-corrected chi connectivity index (χ3v) is 4.97. The average molecular weight is 371 g/mol. The molecule has 0 unspecified atom stereocenters. The van der Waals surface area contributed by atoms with Gasteiger partial charge in [0, 0.05) is 25.2 Å². The number of carboxylic acid groups (broad SMARTS) is 1. The van der Waals surface area contributed by atoms with Crippen LogP contribution in [0.15, 0.2) is 24.3 Å². The third kappa shape index (κ3) is 4.17. The minimum Gasteiger partial charge on any atom is -0.480 e. The zero-order valence-corrected chi connectivity index (χ0v) is 14.0. The Morgan fingerprint density at radius 1 is 1.23 bits per heavy atom. The lowest BCUT2D eigenvalue weighted by Crippen LogP contribution is -2.46. The van der Waals surface area contributed by atoms with E-state index in [1.54, 1.807) is 6.07 Å². The smallest absolute Gasteiger partial charge is 0.416 e. The average Bonchev–Trinajstić information content (AvgIpc) is 3.40. The van der Waals surface area contributed by atoms with E-state index in [4.69, 9.17) is 9.84 Å². The standard InChI is InChI=1S/C18H20F3NO4/c19-18(20,21)12-3-1-2-11(8-12)14-9-15(14)17(25)22(10-16(23)24)13-4-6-26-7-5-13/h1-3,8,13-15H,4-7,9-10H2,(H,23,24)/t14-,15-/m0/s1. The van der Waals surface area contributed by atoms with Gasteiger partial charge in [-0.25, -0.2) is 0 Å². The van der Waals surface area contributed by atoms with E-state index in [0.717, 1.165) is 12.1 Å². The summed E-state index contributed by atoms with van der Waals surface area (Å²) in [7, 11) is 0. The number of aliphatic carboxylic acids is 1. The van der Waals surface area contributed by atoms with E-state index in [-0.39, 0.29) is 17.9 Å². The summed E-state index contributed by atoms with van der Waals surface area (Å²) in [6, 6.07) is 4.81. The number of carboxylic acids is 1. The lowest BCUT2D eigenvalue weighted by atomic mass is 10.0. The van der Waals surface area contributed by atoms with Gasteiger partial charge < -0.3 is 14.7 Å². The van der Waals surface area contributed by atoms with Crippen molar-refractivity contribution in [2.45, 2.75) is 37.4 Å². The molecule has 1 aliphatic heterocycles. The van der Waals surface area contributed by atoms with Gasteiger partial charge in [0.05, 0.1) is 5.56 Å². The molecule has 0 spiro atoms. The molecular formula is C18H20F3NO4. The molecule has 1 N–H and O–H groups in total. The lowest BCUT2D eigenvalue weighted by molar-refractivity contribution is -0.148. The fourth-order valence-electron chi connectivity index (χ4n) is 3.52. The second kappa shape index (κ2) is 7.26. The minimum atomic E-state index is -4.43. The van der Waals surface area contributed by atoms with Gasteiger partial charge in [-0.3, -0.25) is 9.59 Å². The molecule has 1 amide bonds. The van der Waals surface area contributed by atoms with Crippen molar-refractivity contribution in [2.24, 2.45) is 5.92 Å². The Morgan fingerprint density at radius 3 is 2.54 bits per heavy atom. The van der Waals surface area contributed by atoms with E-state index in [2.05, 4.69) is 0 Å². The van der Waals surface area contributed by atoms with Crippen LogP contribution in [0.3, 0.4) is 0 Å². The van der Waals surface area contributed by atoms with Gasteiger partial charge in [0.2, 0.25) is 5.91 Å². The molecule has 142 valence electrons. The number of rotatable bonds is 5. The van der Waals surface area contributed by atoms with Crippen molar-refractivity contribution in [2.75, 3.05) is 19.8 Å². The van der Waals surface area contributed by atoms with E-state index in [0.29, 0.717) is 38.0 Å². The summed E-state index contributed by atoms with van der Waals surface area (Å²) in [5.74, 6) is -2.13. The molecule has 2 fully saturated rings. The number of carbonyl (C=O) groups excluding carboxylic acids is 1. The highest BCUT2D eigenvalue weighted by Crippen LogP contribution is 2.49. The molecule has 2 aliphatic rings. The van der Waals surface area contributed by atoms with E-state index in [9.17, 15) is 22.8 Å². The Bertz CT molecular complexity index is 685. The number of ether oxygens (including phenoxy) is 1. The summed E-state index contributed by atoms with van der Waals surface area (Å²) in [5, 5.41) is 9.12. The van der Waals surface area contributed by atoms with Gasteiger partial charge in [0.25, 0.3) is 0 Å². The van der Waals surface area contributed by atoms with Crippen LogP contribution in [0, 0.1) is 5.92 Å². The number of alkyl halides is 3. The van der Waals surface area contributed by atoms with E-state index in [1.165, 1.54) is 11.0 Å². The summed E-state index contributed by atoms with van der Waals surface area (Å²) in [6.07, 6.45) is -2.85. The Labute approximate surface area is 148 Å². The highest BCUT2D eigenvalue weighted by molar-refractivity contribution is 5.86. The van der Waals surface area contributed by atoms with Crippen molar-refractivity contribution >= 4 is 11.9 Å². The van der Waals surface area contributed by atoms with Gasteiger partial charge in [-0.1, -0.05) is 18.2 Å². The molecule has 0 radical (unpaired) electrons. The number of nitrogens with zero attached hydrogens (tertiary/aromatic N) is 1. The van der Waals surface area contributed by atoms with Crippen LogP contribution >= 0.6 is 0 Å². The first-order valence-corrected chi connectivity index (χ1v) is 8.54. The minimum absolute atomic E-state index is 0.199. The molecule has 1 aromatic carbocycles. The summed E-state index contributed by atoms with van der Waals surface area (Å²) >= 11 is 0. The monoisotopic (exact) mass is 371 g/mol. The van der Waals surface area contributed by atoms with Crippen LogP contribution in [0.5, 0.6) is 0 Å². The maximum Gasteiger partial charge on any atom is 0.416 e. The van der Waals surface area contributed by atoms with Crippen molar-refractivity contribution in [3.63, 3.8) is 0 Å². The SMILES string of the molecule is O=C(O)CN(C(=O)[C@H]1C[C@H]1c1cccc(C(F)(F)F)c1)C1CCOCC1. The first kappa shape index (κ1) is 18.7. The van der Waals surface area contributed by atoms with Crippen LogP contribution < -0.4 is 0 Å². The molecule has 26 heavy (non-hydrogen) atoms. The highest BCUT2D eigenvalue weighted by atomic mass is 19.4. The lowest BCUT2D eigenvalue weighted by Gasteiger charge is -2.33. The van der Waals surface area contributed by atoms with Gasteiger partial charge in [-0.2, -0.15) is 13.2 Å². The van der Waals surface area contributed by atoms with Gasteiger partial charge in [-0.05, 0) is 36.8 Å². The van der Waals surface area contributed by atoms with Crippen LogP contribution in [0.1, 0.15) is 36.3 Å². The second-order valence-electron chi connectivity index (χ2n) is 6.78. The number of benzene rings is 1. The number of halogens is 3. The molecule has 1 saturated heterocycles. The zero-order valence-electron chi connectivity index (χ0n) is 14.0. The fourth-order valence-corrected chi connectivity index (χ4v) is 3.52. The molecule has 2 atom stereocenters. The molecule has 8 heteroatoms. The van der Waals surface area contributed by atoms with E-state index >= 15 is 0 Å². The Kier molecular flexibility index (Phi) is 5.22. The van der Waals surface area contributed by atoms with Crippen molar-refractivity contribution < 1.29 is 32.6 Å². The number of hydrogen-bond donors (Lipinski definition) is 1. The van der Waals surface area contributed by atoms with Crippen LogP contribution in [-0.4, -0.2) is 47.7 Å². The van der Waals surface area contributed by atoms with E-state index < -0.39 is 30.2 Å². The normalized spacial score (nSPS) is 23.5. The number of amides is 1. The summed E-state index contributed by atoms with van der Waals surface area (Å²) in [6.45, 7) is 0.543. The molecule has 1 aromatic rings. The predicted octanol–water partition coefficient (Wildman–Crippen LogP) is 2.90. The Morgan fingerprint density at radius 2 is 1.92 bits per heavy atom. The van der Waals surface area contributed by atoms with Gasteiger partial charge in [0.15, 0.2) is 0 Å². The van der Waals surface area contributed by atoms with Crippen LogP contribution in [-0.2, 0) is 20.5 Å². The van der Waals surface area contributed by atoms with Crippen LogP contribution in [0.2, 0.25) is 0 Å². The Balaban J connectivity index is 1.72. The fraction of sp³-hybridized carbons (Fsp3) is 0.556. The quantitative estimate of drug-likeness (QED) is 0.864. The Hall–Kier alpha value is -2.09. The van der Waals surface area contributed by atoms with Crippen molar-refractivity contribution in [1.82, 2.24) is 4.90 Å². The first-order valence-electron chi connectivity index (χ1n) is 8.54. The van der Waals surface area contributed by atoms with Gasteiger partial charge in [0.1, 0.15) is 6.54 Å². The van der Waals surface area contributed by atoms with Gasteiger partial charge in [-0.15, -0.1) is 0 Å². The largest absolute Gasteiger partial charge is 0.480 e. The van der Waals surface area contributed by atoms with Crippen molar-refractivity contribution in [3.05, 3.63) is 35.4 Å². The van der Waals surface area contributed by atoms with Gasteiger partial charge >= 0.3 is 12.1 Å². The molecule has 3 rings (SSSR count). The van der Waals surface area contributed by atoms with Crippen LogP contribution in [0.25, 0.3) is 0 Å². The molecule has 0 aromatic heterocycles. The van der Waals surface area contributed by atoms with Crippen molar-refractivity contribution in [1.29, 1.82) is 0 Å². The molecule has 0 bridgehead atoms. The zero-order chi connectivity index (χ0) is 18.9. The topological polar surface area (TPSA) is 66.8 Å². The highest BCUT2D eigenvalue weighted by Gasteiger charge is 2.47. The number of carbonyl (C=O) groups is 2. The summed E-state index contributed by atoms with van der Waals surface area (Å²) < 4.78 is 43.9. The summed E-state index contributed by atoms with van der Waals surface area (Å²) in [4.78, 5) is 25.3. The first-order chi connectivity index (χ1) is 12.3. The van der Waals surface area contributed by atoms with E-state index in [1.807, 2.05) is 0 Å². The molecular weight excluding hydrogens is 351 g/mol. The maximum absolute atomic E-state index is 12.9. The van der Waals surface area contributed by atoms with Crippen LogP contribution in [0.4, 0.5) is 13.2 Å². The second-order valence-corrected chi connectivity index (χ2v) is 6.78. The molecule has 1 heterocycles. The summed E-state index contributed by atoms with van der Waals surface area (Å²) in [5.41, 5.74) is -0.264. The predicted molar refractivity (Wildman–Crippen MR) is 85.5 cm³/mol. The molecule has 1 aliphatic carbocycles.